The fraction of sp³-hybridized carbons (Fsp3) is 0.769. The van der Waals surface area contributed by atoms with E-state index in [0.717, 1.165) is 12.5 Å². The van der Waals surface area contributed by atoms with Gasteiger partial charge in [0, 0.05) is 30.4 Å². The van der Waals surface area contributed by atoms with Crippen molar-refractivity contribution in [1.29, 1.82) is 0 Å². The van der Waals surface area contributed by atoms with Crippen molar-refractivity contribution in [2.24, 2.45) is 0 Å². The summed E-state index contributed by atoms with van der Waals surface area (Å²) in [4.78, 5) is 4.34. The van der Waals surface area contributed by atoms with Gasteiger partial charge in [0.2, 0.25) is 0 Å². The SMILES string of the molecule is c1ncn(CC2CCCN2)c1C1CCCC1. The Bertz CT molecular complexity index is 333. The van der Waals surface area contributed by atoms with Crippen LogP contribution >= 0.6 is 0 Å². The minimum absolute atomic E-state index is 0.675. The molecule has 1 unspecified atom stereocenters. The van der Waals surface area contributed by atoms with Crippen LogP contribution in [-0.4, -0.2) is 22.1 Å². The van der Waals surface area contributed by atoms with Crippen molar-refractivity contribution in [3.8, 4) is 0 Å². The zero-order valence-corrected chi connectivity index (χ0v) is 9.86. The number of aromatic nitrogens is 2. The van der Waals surface area contributed by atoms with Crippen LogP contribution in [0.5, 0.6) is 0 Å². The van der Waals surface area contributed by atoms with Gasteiger partial charge in [0.05, 0.1) is 6.33 Å². The van der Waals surface area contributed by atoms with E-state index in [4.69, 9.17) is 0 Å². The second-order valence-electron chi connectivity index (χ2n) is 5.25. The van der Waals surface area contributed by atoms with Gasteiger partial charge < -0.3 is 9.88 Å². The molecule has 3 nitrogen and oxygen atoms in total. The van der Waals surface area contributed by atoms with Crippen LogP contribution in [-0.2, 0) is 6.54 Å². The second-order valence-corrected chi connectivity index (χ2v) is 5.25. The molecule has 1 aliphatic heterocycles. The van der Waals surface area contributed by atoms with Gasteiger partial charge in [-0.1, -0.05) is 12.8 Å². The van der Waals surface area contributed by atoms with Gasteiger partial charge in [0.25, 0.3) is 0 Å². The highest BCUT2D eigenvalue weighted by Crippen LogP contribution is 2.33. The van der Waals surface area contributed by atoms with Crippen LogP contribution in [0.2, 0.25) is 0 Å². The average Bonchev–Trinajstić information content (AvgIpc) is 2.98. The molecule has 0 aromatic carbocycles. The molecular formula is C13H21N3. The minimum atomic E-state index is 0.675. The van der Waals surface area contributed by atoms with Gasteiger partial charge in [-0.15, -0.1) is 0 Å². The molecule has 3 rings (SSSR count). The van der Waals surface area contributed by atoms with Crippen molar-refractivity contribution in [3.63, 3.8) is 0 Å². The molecule has 88 valence electrons. The molecule has 0 spiro atoms. The Morgan fingerprint density at radius 1 is 1.25 bits per heavy atom. The first-order valence-corrected chi connectivity index (χ1v) is 6.67. The third-order valence-electron chi connectivity index (χ3n) is 4.10. The van der Waals surface area contributed by atoms with E-state index >= 15 is 0 Å². The monoisotopic (exact) mass is 219 g/mol. The lowest BCUT2D eigenvalue weighted by Crippen LogP contribution is -2.27. The zero-order chi connectivity index (χ0) is 10.8. The zero-order valence-electron chi connectivity index (χ0n) is 9.86. The summed E-state index contributed by atoms with van der Waals surface area (Å²) in [7, 11) is 0. The summed E-state index contributed by atoms with van der Waals surface area (Å²) >= 11 is 0. The van der Waals surface area contributed by atoms with Gasteiger partial charge in [0.15, 0.2) is 0 Å². The molecule has 0 amide bonds. The van der Waals surface area contributed by atoms with Crippen molar-refractivity contribution in [2.75, 3.05) is 6.54 Å². The number of nitrogens with one attached hydrogen (secondary N) is 1. The van der Waals surface area contributed by atoms with Gasteiger partial charge in [-0.05, 0) is 32.2 Å². The Hall–Kier alpha value is -0.830. The molecule has 1 saturated carbocycles. The Labute approximate surface area is 97.3 Å². The summed E-state index contributed by atoms with van der Waals surface area (Å²) in [5.74, 6) is 0.781. The maximum Gasteiger partial charge on any atom is 0.0948 e. The highest BCUT2D eigenvalue weighted by Gasteiger charge is 2.22. The molecule has 16 heavy (non-hydrogen) atoms. The van der Waals surface area contributed by atoms with Gasteiger partial charge >= 0.3 is 0 Å². The van der Waals surface area contributed by atoms with Gasteiger partial charge in [-0.3, -0.25) is 0 Å². The first-order valence-electron chi connectivity index (χ1n) is 6.67. The Balaban J connectivity index is 1.71. The third-order valence-corrected chi connectivity index (χ3v) is 4.10. The molecule has 1 aromatic rings. The van der Waals surface area contributed by atoms with E-state index in [2.05, 4.69) is 21.1 Å². The standard InChI is InChI=1S/C13H21N3/c1-2-5-11(4-1)13-8-14-10-16(13)9-12-6-3-7-15-12/h8,10-12,15H,1-7,9H2. The number of hydrogen-bond acceptors (Lipinski definition) is 2. The van der Waals surface area contributed by atoms with Crippen LogP contribution in [0.1, 0.15) is 50.1 Å². The highest BCUT2D eigenvalue weighted by atomic mass is 15.1. The van der Waals surface area contributed by atoms with Crippen LogP contribution in [0, 0.1) is 0 Å². The van der Waals surface area contributed by atoms with Crippen molar-refractivity contribution in [2.45, 2.75) is 57.0 Å². The minimum Gasteiger partial charge on any atom is -0.333 e. The third kappa shape index (κ3) is 2.01. The number of rotatable bonds is 3. The second kappa shape index (κ2) is 4.58. The van der Waals surface area contributed by atoms with Crippen LogP contribution in [0.25, 0.3) is 0 Å². The van der Waals surface area contributed by atoms with Crippen LogP contribution < -0.4 is 5.32 Å². The van der Waals surface area contributed by atoms with Crippen LogP contribution in [0.4, 0.5) is 0 Å². The van der Waals surface area contributed by atoms with Gasteiger partial charge in [-0.2, -0.15) is 0 Å². The molecular weight excluding hydrogens is 198 g/mol. The first-order chi connectivity index (χ1) is 7.93. The van der Waals surface area contributed by atoms with Crippen molar-refractivity contribution in [1.82, 2.24) is 14.9 Å². The summed E-state index contributed by atoms with van der Waals surface area (Å²) in [6.07, 6.45) is 12.3. The quantitative estimate of drug-likeness (QED) is 0.845. The highest BCUT2D eigenvalue weighted by molar-refractivity contribution is 5.08. The largest absolute Gasteiger partial charge is 0.333 e. The fourth-order valence-corrected chi connectivity index (χ4v) is 3.20. The molecule has 1 aliphatic carbocycles. The van der Waals surface area contributed by atoms with E-state index < -0.39 is 0 Å². The summed E-state index contributed by atoms with van der Waals surface area (Å²) in [5.41, 5.74) is 1.48. The molecule has 1 N–H and O–H groups in total. The Kier molecular flexibility index (Phi) is 2.96. The smallest absolute Gasteiger partial charge is 0.0948 e. The molecule has 2 heterocycles. The fourth-order valence-electron chi connectivity index (χ4n) is 3.20. The van der Waals surface area contributed by atoms with E-state index in [-0.39, 0.29) is 0 Å². The van der Waals surface area contributed by atoms with E-state index in [1.807, 2.05) is 6.33 Å². The lowest BCUT2D eigenvalue weighted by atomic mass is 10.0. The Morgan fingerprint density at radius 3 is 2.88 bits per heavy atom. The molecule has 0 bridgehead atoms. The van der Waals surface area contributed by atoms with E-state index in [1.165, 1.54) is 50.8 Å². The predicted molar refractivity (Wildman–Crippen MR) is 64.5 cm³/mol. The van der Waals surface area contributed by atoms with Crippen molar-refractivity contribution < 1.29 is 0 Å². The topological polar surface area (TPSA) is 29.9 Å². The summed E-state index contributed by atoms with van der Waals surface area (Å²) in [6, 6.07) is 0.675. The summed E-state index contributed by atoms with van der Waals surface area (Å²) in [5, 5.41) is 3.56. The molecule has 1 aromatic heterocycles. The molecule has 2 fully saturated rings. The van der Waals surface area contributed by atoms with E-state index in [1.54, 1.807) is 0 Å². The normalized spacial score (nSPS) is 26.6. The van der Waals surface area contributed by atoms with Crippen molar-refractivity contribution >= 4 is 0 Å². The van der Waals surface area contributed by atoms with Crippen LogP contribution in [0.15, 0.2) is 12.5 Å². The first kappa shape index (κ1) is 10.3. The number of nitrogens with zero attached hydrogens (tertiary/aromatic N) is 2. The predicted octanol–water partition coefficient (Wildman–Crippen LogP) is 2.29. The molecule has 3 heteroatoms. The Morgan fingerprint density at radius 2 is 2.12 bits per heavy atom. The van der Waals surface area contributed by atoms with Crippen LogP contribution in [0.3, 0.4) is 0 Å². The van der Waals surface area contributed by atoms with E-state index in [9.17, 15) is 0 Å². The maximum atomic E-state index is 4.34. The van der Waals surface area contributed by atoms with E-state index in [0.29, 0.717) is 6.04 Å². The average molecular weight is 219 g/mol. The molecule has 1 atom stereocenters. The maximum absolute atomic E-state index is 4.34. The number of imidazole rings is 1. The molecule has 0 radical (unpaired) electrons. The molecule has 2 aliphatic rings. The number of hydrogen-bond donors (Lipinski definition) is 1. The van der Waals surface area contributed by atoms with Gasteiger partial charge in [-0.25, -0.2) is 4.98 Å². The molecule has 1 saturated heterocycles. The summed E-state index contributed by atoms with van der Waals surface area (Å²) in [6.45, 7) is 2.31. The lowest BCUT2D eigenvalue weighted by molar-refractivity contribution is 0.486. The van der Waals surface area contributed by atoms with Crippen molar-refractivity contribution in [3.05, 3.63) is 18.2 Å². The summed E-state index contributed by atoms with van der Waals surface area (Å²) < 4.78 is 2.39. The van der Waals surface area contributed by atoms with Gasteiger partial charge in [0.1, 0.15) is 0 Å². The lowest BCUT2D eigenvalue weighted by Gasteiger charge is -2.16.